The number of nitro groups is 1. The van der Waals surface area contributed by atoms with Gasteiger partial charge in [0.25, 0.3) is 0 Å². The second-order valence-electron chi connectivity index (χ2n) is 6.31. The fourth-order valence-corrected chi connectivity index (χ4v) is 2.85. The summed E-state index contributed by atoms with van der Waals surface area (Å²) in [5, 5.41) is 21.8. The molecule has 1 unspecified atom stereocenters. The largest absolute Gasteiger partial charge is 0.467 e. The fourth-order valence-electron chi connectivity index (χ4n) is 2.85. The first-order valence-electron chi connectivity index (χ1n) is 8.75. The molecular formula is C18H19NO12. The van der Waals surface area contributed by atoms with Crippen molar-refractivity contribution >= 4 is 29.9 Å². The molecule has 0 aromatic heterocycles. The Morgan fingerprint density at radius 3 is 2.29 bits per heavy atom. The van der Waals surface area contributed by atoms with Crippen LogP contribution >= 0.6 is 0 Å². The number of benzene rings is 1. The van der Waals surface area contributed by atoms with Gasteiger partial charge in [0.05, 0.1) is 12.0 Å². The molecule has 5 atom stereocenters. The van der Waals surface area contributed by atoms with Crippen LogP contribution < -0.4 is 4.74 Å². The van der Waals surface area contributed by atoms with Crippen LogP contribution in [-0.4, -0.2) is 72.0 Å². The summed E-state index contributed by atoms with van der Waals surface area (Å²) in [5.74, 6) is -3.23. The molecule has 2 rings (SSSR count). The van der Waals surface area contributed by atoms with E-state index in [4.69, 9.17) is 18.9 Å². The van der Waals surface area contributed by atoms with E-state index in [2.05, 4.69) is 4.74 Å². The third kappa shape index (κ3) is 5.52. The van der Waals surface area contributed by atoms with E-state index in [1.807, 2.05) is 0 Å². The van der Waals surface area contributed by atoms with E-state index in [1.54, 1.807) is 0 Å². The number of carbonyl (C=O) groups is 4. The molecule has 0 aliphatic carbocycles. The summed E-state index contributed by atoms with van der Waals surface area (Å²) in [5.41, 5.74) is -0.639. The second-order valence-corrected chi connectivity index (χ2v) is 6.31. The predicted octanol–water partition coefficient (Wildman–Crippen LogP) is -0.0917. The van der Waals surface area contributed by atoms with Gasteiger partial charge in [-0.05, 0) is 12.1 Å². The van der Waals surface area contributed by atoms with Crippen molar-refractivity contribution in [2.24, 2.45) is 0 Å². The molecule has 1 aliphatic heterocycles. The molecule has 1 aromatic rings. The van der Waals surface area contributed by atoms with Gasteiger partial charge in [0.2, 0.25) is 12.4 Å². The molecule has 13 nitrogen and oxygen atoms in total. The van der Waals surface area contributed by atoms with Gasteiger partial charge in [0, 0.05) is 25.5 Å². The summed E-state index contributed by atoms with van der Waals surface area (Å²) in [6.45, 7) is 2.03. The minimum absolute atomic E-state index is 0.0132. The van der Waals surface area contributed by atoms with Crippen LogP contribution in [0.4, 0.5) is 5.69 Å². The van der Waals surface area contributed by atoms with E-state index in [-0.39, 0.29) is 5.56 Å². The number of nitro benzene ring substituents is 1. The highest BCUT2D eigenvalue weighted by Crippen LogP contribution is 2.33. The molecular weight excluding hydrogens is 422 g/mol. The molecule has 1 heterocycles. The number of nitrogens with zero attached hydrogens (tertiary/aromatic N) is 1. The maximum atomic E-state index is 12.0. The average molecular weight is 441 g/mol. The SMILES string of the molecule is COC(=O)[C@H]1OC(Oc2ccc(C=O)cc2[N+](=O)[O-])[C@H](OC(C)=O)[C@@H](OC(C)=O)[C@@H]1O. The van der Waals surface area contributed by atoms with Gasteiger partial charge in [-0.1, -0.05) is 0 Å². The summed E-state index contributed by atoms with van der Waals surface area (Å²) < 4.78 is 25.5. The maximum absolute atomic E-state index is 12.0. The van der Waals surface area contributed by atoms with Crippen molar-refractivity contribution in [3.05, 3.63) is 33.9 Å². The van der Waals surface area contributed by atoms with Crippen LogP contribution in [0.1, 0.15) is 24.2 Å². The second kappa shape index (κ2) is 9.95. The van der Waals surface area contributed by atoms with Crippen molar-refractivity contribution < 1.29 is 52.9 Å². The number of aliphatic hydroxyl groups is 1. The molecule has 168 valence electrons. The van der Waals surface area contributed by atoms with Crippen LogP contribution in [0.2, 0.25) is 0 Å². The lowest BCUT2D eigenvalue weighted by Crippen LogP contribution is -2.63. The molecule has 0 amide bonds. The number of aliphatic hydroxyl groups excluding tert-OH is 1. The van der Waals surface area contributed by atoms with Crippen molar-refractivity contribution in [1.29, 1.82) is 0 Å². The lowest BCUT2D eigenvalue weighted by Gasteiger charge is -2.41. The van der Waals surface area contributed by atoms with Crippen molar-refractivity contribution in [2.45, 2.75) is 44.6 Å². The van der Waals surface area contributed by atoms with Gasteiger partial charge in [0.15, 0.2) is 18.0 Å². The maximum Gasteiger partial charge on any atom is 0.338 e. The van der Waals surface area contributed by atoms with E-state index in [1.165, 1.54) is 6.07 Å². The molecule has 13 heteroatoms. The quantitative estimate of drug-likeness (QED) is 0.196. The lowest BCUT2D eigenvalue weighted by molar-refractivity contribution is -0.387. The topological polar surface area (TPSA) is 178 Å². The highest BCUT2D eigenvalue weighted by molar-refractivity contribution is 5.77. The zero-order valence-electron chi connectivity index (χ0n) is 16.6. The number of ether oxygens (including phenoxy) is 5. The Labute approximate surface area is 174 Å². The van der Waals surface area contributed by atoms with Crippen LogP contribution in [0, 0.1) is 10.1 Å². The van der Waals surface area contributed by atoms with E-state index < -0.39 is 65.0 Å². The summed E-state index contributed by atoms with van der Waals surface area (Å²) in [7, 11) is 1.01. The minimum Gasteiger partial charge on any atom is -0.467 e. The molecule has 0 bridgehead atoms. The van der Waals surface area contributed by atoms with Crippen molar-refractivity contribution in [3.8, 4) is 5.75 Å². The molecule has 1 N–H and O–H groups in total. The molecule has 1 fully saturated rings. The zero-order chi connectivity index (χ0) is 23.3. The Balaban J connectivity index is 2.50. The van der Waals surface area contributed by atoms with Crippen LogP contribution in [0.3, 0.4) is 0 Å². The Hall–Kier alpha value is -3.58. The van der Waals surface area contributed by atoms with Gasteiger partial charge in [-0.3, -0.25) is 24.5 Å². The van der Waals surface area contributed by atoms with Gasteiger partial charge < -0.3 is 28.8 Å². The number of hydrogen-bond donors (Lipinski definition) is 1. The highest BCUT2D eigenvalue weighted by atomic mass is 16.7. The highest BCUT2D eigenvalue weighted by Gasteiger charge is 2.53. The Morgan fingerprint density at radius 1 is 1.16 bits per heavy atom. The van der Waals surface area contributed by atoms with Gasteiger partial charge in [-0.2, -0.15) is 0 Å². The number of aldehydes is 1. The number of rotatable bonds is 7. The Kier molecular flexibility index (Phi) is 7.61. The minimum atomic E-state index is -1.81. The van der Waals surface area contributed by atoms with Crippen LogP contribution in [0.25, 0.3) is 0 Å². The standard InChI is InChI=1S/C18H19NO12/c1-8(21)28-14-13(23)15(17(24)27-3)31-18(16(14)29-9(2)22)30-12-5-4-10(7-20)6-11(12)19(25)26/h4-7,13-16,18,23H,1-3H3/t13-,14-,15-,16+,18?/m0/s1. The first-order chi connectivity index (χ1) is 14.6. The van der Waals surface area contributed by atoms with Crippen molar-refractivity contribution in [3.63, 3.8) is 0 Å². The molecule has 1 aromatic carbocycles. The summed E-state index contributed by atoms with van der Waals surface area (Å²) in [4.78, 5) is 56.6. The number of carbonyl (C=O) groups excluding carboxylic acids is 4. The van der Waals surface area contributed by atoms with E-state index in [0.717, 1.165) is 33.1 Å². The summed E-state index contributed by atoms with van der Waals surface area (Å²) in [6.07, 6.45) is -8.13. The summed E-state index contributed by atoms with van der Waals surface area (Å²) in [6, 6.07) is 3.24. The van der Waals surface area contributed by atoms with Crippen LogP contribution in [0.5, 0.6) is 5.75 Å². The van der Waals surface area contributed by atoms with Crippen molar-refractivity contribution in [1.82, 2.24) is 0 Å². The number of hydrogen-bond acceptors (Lipinski definition) is 12. The first kappa shape index (κ1) is 23.7. The third-order valence-corrected chi connectivity index (χ3v) is 4.12. The predicted molar refractivity (Wildman–Crippen MR) is 96.9 cm³/mol. The van der Waals surface area contributed by atoms with Gasteiger partial charge in [-0.25, -0.2) is 4.79 Å². The molecule has 1 saturated heterocycles. The molecule has 31 heavy (non-hydrogen) atoms. The summed E-state index contributed by atoms with van der Waals surface area (Å²) >= 11 is 0. The van der Waals surface area contributed by atoms with Crippen LogP contribution in [-0.2, 0) is 33.3 Å². The van der Waals surface area contributed by atoms with Gasteiger partial charge in [-0.15, -0.1) is 0 Å². The average Bonchev–Trinajstić information content (AvgIpc) is 2.71. The van der Waals surface area contributed by atoms with E-state index >= 15 is 0 Å². The van der Waals surface area contributed by atoms with E-state index in [0.29, 0.717) is 6.29 Å². The van der Waals surface area contributed by atoms with Crippen LogP contribution in [0.15, 0.2) is 18.2 Å². The fraction of sp³-hybridized carbons (Fsp3) is 0.444. The Morgan fingerprint density at radius 2 is 1.77 bits per heavy atom. The smallest absolute Gasteiger partial charge is 0.338 e. The normalized spacial score (nSPS) is 25.1. The molecule has 1 aliphatic rings. The van der Waals surface area contributed by atoms with Gasteiger partial charge >= 0.3 is 23.6 Å². The third-order valence-electron chi connectivity index (χ3n) is 4.12. The van der Waals surface area contributed by atoms with Gasteiger partial charge in [0.1, 0.15) is 12.4 Å². The molecule has 0 radical (unpaired) electrons. The van der Waals surface area contributed by atoms with E-state index in [9.17, 15) is 34.4 Å². The Bertz CT molecular complexity index is 884. The lowest BCUT2D eigenvalue weighted by atomic mass is 9.98. The number of methoxy groups -OCH3 is 1. The number of esters is 3. The molecule has 0 saturated carbocycles. The first-order valence-corrected chi connectivity index (χ1v) is 8.75. The zero-order valence-corrected chi connectivity index (χ0v) is 16.6. The van der Waals surface area contributed by atoms with Crippen molar-refractivity contribution in [2.75, 3.05) is 7.11 Å². The monoisotopic (exact) mass is 441 g/mol. The molecule has 0 spiro atoms.